The van der Waals surface area contributed by atoms with Gasteiger partial charge in [-0.2, -0.15) is 10.1 Å². The van der Waals surface area contributed by atoms with E-state index in [9.17, 15) is 14.4 Å². The molecule has 1 aliphatic heterocycles. The zero-order valence-electron chi connectivity index (χ0n) is 16.1. The molecule has 0 spiro atoms. The minimum atomic E-state index is -0.702. The summed E-state index contributed by atoms with van der Waals surface area (Å²) in [5.41, 5.74) is 2.61. The highest BCUT2D eigenvalue weighted by Gasteiger charge is 2.27. The summed E-state index contributed by atoms with van der Waals surface area (Å²) in [6.45, 7) is 5.51. The van der Waals surface area contributed by atoms with Crippen LogP contribution in [0.5, 0.6) is 0 Å². The van der Waals surface area contributed by atoms with Crippen LogP contribution in [0, 0.1) is 13.8 Å². The molecule has 1 heterocycles. The molecular formula is C19H25N3O5. The molecule has 1 unspecified atom stereocenters. The number of amides is 2. The third kappa shape index (κ3) is 5.62. The van der Waals surface area contributed by atoms with Crippen LogP contribution in [-0.2, 0) is 23.9 Å². The van der Waals surface area contributed by atoms with Crippen molar-refractivity contribution in [3.8, 4) is 0 Å². The summed E-state index contributed by atoms with van der Waals surface area (Å²) in [6.07, 6.45) is 0.332. The lowest BCUT2D eigenvalue weighted by molar-refractivity contribution is -0.142. The average Bonchev–Trinajstić information content (AvgIpc) is 2.62. The molecule has 1 atom stereocenters. The number of ether oxygens (including phenoxy) is 2. The predicted octanol–water partition coefficient (Wildman–Crippen LogP) is 1.48. The van der Waals surface area contributed by atoms with Gasteiger partial charge in [0.15, 0.2) is 6.61 Å². The number of nitrogens with zero attached hydrogens (tertiary/aromatic N) is 2. The number of nitrogens with one attached hydrogen (secondary N) is 1. The van der Waals surface area contributed by atoms with Crippen molar-refractivity contribution in [1.29, 1.82) is 0 Å². The molecule has 1 aliphatic rings. The van der Waals surface area contributed by atoms with Gasteiger partial charge in [0.2, 0.25) is 5.91 Å². The van der Waals surface area contributed by atoms with E-state index in [0.717, 1.165) is 11.1 Å². The van der Waals surface area contributed by atoms with E-state index in [1.54, 1.807) is 6.92 Å². The number of carbonyl (C=O) groups excluding carboxylic acids is 3. The molecule has 1 aromatic carbocycles. The Bertz CT molecular complexity index is 760. The SMILES string of the molecule is COCC(C)NC(=O)COC(=O)C1=NN(c2cc(C)ccc2C)C(=O)CC1. The van der Waals surface area contributed by atoms with Gasteiger partial charge in [0.1, 0.15) is 5.71 Å². The van der Waals surface area contributed by atoms with Crippen molar-refractivity contribution in [3.63, 3.8) is 0 Å². The number of carbonyl (C=O) groups is 3. The second-order valence-corrected chi connectivity index (χ2v) is 6.54. The first-order valence-electron chi connectivity index (χ1n) is 8.75. The Morgan fingerprint density at radius 3 is 2.74 bits per heavy atom. The van der Waals surface area contributed by atoms with Crippen molar-refractivity contribution in [2.75, 3.05) is 25.3 Å². The Hall–Kier alpha value is -2.74. The van der Waals surface area contributed by atoms with Gasteiger partial charge < -0.3 is 14.8 Å². The molecule has 8 nitrogen and oxygen atoms in total. The molecule has 0 aromatic heterocycles. The van der Waals surface area contributed by atoms with Crippen molar-refractivity contribution in [1.82, 2.24) is 5.32 Å². The molecule has 8 heteroatoms. The fourth-order valence-electron chi connectivity index (χ4n) is 2.66. The molecule has 0 fully saturated rings. The van der Waals surface area contributed by atoms with Crippen LogP contribution >= 0.6 is 0 Å². The lowest BCUT2D eigenvalue weighted by Crippen LogP contribution is -2.40. The van der Waals surface area contributed by atoms with Gasteiger partial charge in [-0.1, -0.05) is 12.1 Å². The van der Waals surface area contributed by atoms with Crippen molar-refractivity contribution in [2.45, 2.75) is 39.7 Å². The van der Waals surface area contributed by atoms with Crippen LogP contribution < -0.4 is 10.3 Å². The second-order valence-electron chi connectivity index (χ2n) is 6.54. The maximum Gasteiger partial charge on any atom is 0.355 e. The molecule has 1 N–H and O–H groups in total. The summed E-state index contributed by atoms with van der Waals surface area (Å²) in [6, 6.07) is 5.49. The standard InChI is InChI=1S/C19H25N3O5/c1-12-5-6-13(2)16(9-12)22-18(24)8-7-15(21-22)19(25)27-11-17(23)20-14(3)10-26-4/h5-6,9,14H,7-8,10-11H2,1-4H3,(H,20,23). The summed E-state index contributed by atoms with van der Waals surface area (Å²) in [7, 11) is 1.53. The quantitative estimate of drug-likeness (QED) is 0.728. The summed E-state index contributed by atoms with van der Waals surface area (Å²) >= 11 is 0. The summed E-state index contributed by atoms with van der Waals surface area (Å²) < 4.78 is 9.96. The van der Waals surface area contributed by atoms with E-state index < -0.39 is 18.5 Å². The van der Waals surface area contributed by atoms with E-state index in [4.69, 9.17) is 9.47 Å². The van der Waals surface area contributed by atoms with Gasteiger partial charge >= 0.3 is 5.97 Å². The molecule has 0 radical (unpaired) electrons. The third-order valence-corrected chi connectivity index (χ3v) is 4.02. The van der Waals surface area contributed by atoms with E-state index in [0.29, 0.717) is 12.3 Å². The zero-order valence-corrected chi connectivity index (χ0v) is 16.1. The van der Waals surface area contributed by atoms with Gasteiger partial charge in [0.25, 0.3) is 5.91 Å². The minimum absolute atomic E-state index is 0.119. The van der Waals surface area contributed by atoms with Crippen molar-refractivity contribution >= 4 is 29.2 Å². The summed E-state index contributed by atoms with van der Waals surface area (Å²) in [4.78, 5) is 36.3. The fraction of sp³-hybridized carbons (Fsp3) is 0.474. The molecule has 27 heavy (non-hydrogen) atoms. The maximum atomic E-state index is 12.3. The number of benzene rings is 1. The van der Waals surface area contributed by atoms with Crippen molar-refractivity contribution < 1.29 is 23.9 Å². The maximum absolute atomic E-state index is 12.3. The van der Waals surface area contributed by atoms with Crippen LogP contribution in [0.1, 0.15) is 30.9 Å². The second kappa shape index (κ2) is 9.27. The van der Waals surface area contributed by atoms with Crippen LogP contribution in [0.3, 0.4) is 0 Å². The van der Waals surface area contributed by atoms with Crippen LogP contribution in [-0.4, -0.2) is 49.9 Å². The lowest BCUT2D eigenvalue weighted by Gasteiger charge is -2.24. The Morgan fingerprint density at radius 1 is 1.30 bits per heavy atom. The fourth-order valence-corrected chi connectivity index (χ4v) is 2.66. The number of methoxy groups -OCH3 is 1. The lowest BCUT2D eigenvalue weighted by atomic mass is 10.1. The first-order chi connectivity index (χ1) is 12.8. The van der Waals surface area contributed by atoms with Crippen LogP contribution in [0.25, 0.3) is 0 Å². The smallest absolute Gasteiger partial charge is 0.355 e. The van der Waals surface area contributed by atoms with E-state index in [-0.39, 0.29) is 30.5 Å². The predicted molar refractivity (Wildman–Crippen MR) is 101 cm³/mol. The first-order valence-corrected chi connectivity index (χ1v) is 8.75. The van der Waals surface area contributed by atoms with Gasteiger partial charge in [0, 0.05) is 26.0 Å². The zero-order chi connectivity index (χ0) is 20.0. The van der Waals surface area contributed by atoms with Gasteiger partial charge in [-0.25, -0.2) is 4.79 Å². The first kappa shape index (κ1) is 20.6. The van der Waals surface area contributed by atoms with Crippen LogP contribution in [0.15, 0.2) is 23.3 Å². The van der Waals surface area contributed by atoms with Crippen molar-refractivity contribution in [2.24, 2.45) is 5.10 Å². The molecule has 0 saturated heterocycles. The molecule has 2 rings (SSSR count). The van der Waals surface area contributed by atoms with Crippen LogP contribution in [0.4, 0.5) is 5.69 Å². The monoisotopic (exact) mass is 375 g/mol. The molecule has 146 valence electrons. The molecule has 0 saturated carbocycles. The highest BCUT2D eigenvalue weighted by atomic mass is 16.5. The normalized spacial score (nSPS) is 15.2. The van der Waals surface area contributed by atoms with E-state index >= 15 is 0 Å². The highest BCUT2D eigenvalue weighted by molar-refractivity contribution is 6.38. The number of hydrazone groups is 1. The van der Waals surface area contributed by atoms with E-state index in [1.165, 1.54) is 12.1 Å². The van der Waals surface area contributed by atoms with Gasteiger partial charge in [-0.3, -0.25) is 9.59 Å². The topological polar surface area (TPSA) is 97.3 Å². The number of aryl methyl sites for hydroxylation is 2. The summed E-state index contributed by atoms with van der Waals surface area (Å²) in [5.74, 6) is -1.31. The van der Waals surface area contributed by atoms with Crippen molar-refractivity contribution in [3.05, 3.63) is 29.3 Å². The van der Waals surface area contributed by atoms with E-state index in [1.807, 2.05) is 32.0 Å². The molecule has 0 aliphatic carbocycles. The molecule has 1 aromatic rings. The number of rotatable bonds is 7. The Kier molecular flexibility index (Phi) is 7.06. The third-order valence-electron chi connectivity index (χ3n) is 4.02. The number of hydrogen-bond acceptors (Lipinski definition) is 6. The van der Waals surface area contributed by atoms with Gasteiger partial charge in [-0.15, -0.1) is 0 Å². The number of anilines is 1. The highest BCUT2D eigenvalue weighted by Crippen LogP contribution is 2.25. The van der Waals surface area contributed by atoms with Gasteiger partial charge in [-0.05, 0) is 38.0 Å². The van der Waals surface area contributed by atoms with Crippen LogP contribution in [0.2, 0.25) is 0 Å². The summed E-state index contributed by atoms with van der Waals surface area (Å²) in [5, 5.41) is 8.07. The number of hydrogen-bond donors (Lipinski definition) is 1. The van der Waals surface area contributed by atoms with E-state index in [2.05, 4.69) is 10.4 Å². The Morgan fingerprint density at radius 2 is 2.04 bits per heavy atom. The molecule has 0 bridgehead atoms. The number of esters is 1. The minimum Gasteiger partial charge on any atom is -0.451 e. The average molecular weight is 375 g/mol. The Labute approximate surface area is 158 Å². The molecule has 2 amide bonds. The largest absolute Gasteiger partial charge is 0.451 e. The van der Waals surface area contributed by atoms with Gasteiger partial charge in [0.05, 0.1) is 12.3 Å². The Balaban J connectivity index is 2.04. The molecular weight excluding hydrogens is 350 g/mol.